The Morgan fingerprint density at radius 1 is 0.142 bits per heavy atom. The number of carbonyl (C=O) groups is 7. The van der Waals surface area contributed by atoms with Crippen molar-refractivity contribution in [1.82, 2.24) is 0 Å². The highest BCUT2D eigenvalue weighted by Gasteiger charge is 2.21. The van der Waals surface area contributed by atoms with Crippen molar-refractivity contribution < 1.29 is 62.0 Å². The van der Waals surface area contributed by atoms with E-state index in [1.165, 1.54) is 437 Å². The van der Waals surface area contributed by atoms with E-state index < -0.39 is 0 Å². The van der Waals surface area contributed by atoms with Gasteiger partial charge in [0.1, 0.15) is 5.78 Å². The van der Waals surface area contributed by atoms with Crippen molar-refractivity contribution in [1.29, 1.82) is 0 Å². The van der Waals surface area contributed by atoms with Crippen molar-refractivity contribution in [2.24, 2.45) is 47.2 Å². The zero-order valence-electron chi connectivity index (χ0n) is 96.8. The maximum Gasteiger partial charge on any atom is 0.305 e. The van der Waals surface area contributed by atoms with Crippen LogP contribution in [0.25, 0.3) is 0 Å². The van der Waals surface area contributed by atoms with Crippen LogP contribution in [-0.4, -0.2) is 87.8 Å². The largest absolute Gasteiger partial charge is 0.465 e. The summed E-state index contributed by atoms with van der Waals surface area (Å²) in [5.74, 6) is 3.92. The Labute approximate surface area is 878 Å². The van der Waals surface area contributed by atoms with Crippen LogP contribution in [0.5, 0.6) is 0 Å². The molecule has 0 aliphatic carbocycles. The molecule has 0 spiro atoms. The first-order chi connectivity index (χ1) is 69.0. The monoisotopic (exact) mass is 1990 g/mol. The molecular weight excluding hydrogens is 1750 g/mol. The van der Waals surface area contributed by atoms with Crippen LogP contribution in [0.2, 0.25) is 0 Å². The molecule has 0 radical (unpaired) electrons. The van der Waals surface area contributed by atoms with Gasteiger partial charge in [-0.25, -0.2) is 0 Å². The van der Waals surface area contributed by atoms with Crippen molar-refractivity contribution >= 4 is 41.6 Å². The zero-order chi connectivity index (χ0) is 104. The Morgan fingerprint density at radius 2 is 0.262 bits per heavy atom. The second kappa shape index (κ2) is 118. The molecule has 0 aromatic heterocycles. The molecule has 0 aromatic carbocycles. The van der Waals surface area contributed by atoms with Gasteiger partial charge in [-0.05, 0) is 183 Å². The smallest absolute Gasteiger partial charge is 0.305 e. The Balaban J connectivity index is -0.00000231. The molecule has 141 heavy (non-hydrogen) atoms. The molecule has 0 bridgehead atoms. The number of esters is 6. The third-order valence-electron chi connectivity index (χ3n) is 30.0. The fourth-order valence-electron chi connectivity index (χ4n) is 20.1. The van der Waals surface area contributed by atoms with E-state index >= 15 is 0 Å². The molecule has 0 saturated carbocycles. The van der Waals surface area contributed by atoms with Crippen LogP contribution in [0.4, 0.5) is 0 Å². The molecule has 6 atom stereocenters. The van der Waals surface area contributed by atoms with E-state index in [0.29, 0.717) is 145 Å². The van der Waals surface area contributed by atoms with Gasteiger partial charge in [-0.1, -0.05) is 500 Å². The van der Waals surface area contributed by atoms with Gasteiger partial charge in [0.05, 0.1) is 39.6 Å². The number of ether oxygens (including phenoxy) is 6. The average molecular weight is 2000 g/mol. The lowest BCUT2D eigenvalue weighted by Crippen LogP contribution is -2.14. The number of hydrogen-bond donors (Lipinski definition) is 1. The number of Topliss-reactive ketones (excluding diaryl/α,β-unsaturated/α-hetero) is 1. The fraction of sp³-hybridized carbons (Fsp3) is 0.945. The Bertz CT molecular complexity index is 2440. The SMILES string of the molecule is CCCCCCC(CCCC)COC(=O)CCCCCN.CCCCCCCCC(CCCCCC)COC(=O)CCCCCC(=O)CCCCCC(=O)OCC(CCCCCC)CCCCCCCC.CCCCCCCCC(CCCCCC)COC(=O)CCCCCC(CCCCCCC(=O)OCC(CCCC)CCCCCC)CCCCCC(=O)OCC(CCCCCC)CCCCCCCC. The molecule has 14 heteroatoms. The van der Waals surface area contributed by atoms with Gasteiger partial charge in [0.2, 0.25) is 0 Å². The van der Waals surface area contributed by atoms with Gasteiger partial charge in [0.15, 0.2) is 0 Å². The van der Waals surface area contributed by atoms with E-state index in [0.717, 1.165) is 116 Å². The minimum Gasteiger partial charge on any atom is -0.465 e. The van der Waals surface area contributed by atoms with Crippen molar-refractivity contribution in [2.75, 3.05) is 46.2 Å². The number of nitrogens with two attached hydrogens (primary N) is 1. The predicted octanol–water partition coefficient (Wildman–Crippen LogP) is 40.0. The van der Waals surface area contributed by atoms with Gasteiger partial charge in [-0.3, -0.25) is 33.6 Å². The zero-order valence-corrected chi connectivity index (χ0v) is 96.8. The molecule has 6 unspecified atom stereocenters. The normalized spacial score (nSPS) is 12.9. The summed E-state index contributed by atoms with van der Waals surface area (Å²) >= 11 is 0. The van der Waals surface area contributed by atoms with Crippen LogP contribution in [0.1, 0.15) is 687 Å². The molecule has 2 N–H and O–H groups in total. The summed E-state index contributed by atoms with van der Waals surface area (Å²) in [6.07, 6.45) is 108. The first kappa shape index (κ1) is 142. The van der Waals surface area contributed by atoms with E-state index in [1.807, 2.05) is 0 Å². The van der Waals surface area contributed by atoms with Crippen LogP contribution >= 0.6 is 0 Å². The molecule has 838 valence electrons. The van der Waals surface area contributed by atoms with E-state index in [2.05, 4.69) is 83.1 Å². The van der Waals surface area contributed by atoms with Gasteiger partial charge in [0, 0.05) is 51.4 Å². The van der Waals surface area contributed by atoms with E-state index in [-0.39, 0.29) is 35.8 Å². The number of rotatable bonds is 112. The van der Waals surface area contributed by atoms with Crippen LogP contribution in [0.3, 0.4) is 0 Å². The summed E-state index contributed by atoms with van der Waals surface area (Å²) in [6, 6.07) is 0. The Hall–Kier alpha value is -3.55. The third kappa shape index (κ3) is 110. The fourth-order valence-corrected chi connectivity index (χ4v) is 20.1. The molecule has 0 heterocycles. The first-order valence-electron chi connectivity index (χ1n) is 63.2. The van der Waals surface area contributed by atoms with Gasteiger partial charge >= 0.3 is 35.8 Å². The minimum atomic E-state index is -0.0725. The molecule has 0 aromatic rings. The van der Waals surface area contributed by atoms with Gasteiger partial charge in [-0.2, -0.15) is 0 Å². The van der Waals surface area contributed by atoms with Crippen LogP contribution < -0.4 is 5.73 Å². The number of unbranched alkanes of at least 4 members (excludes halogenated alkanes) is 53. The van der Waals surface area contributed by atoms with E-state index in [4.69, 9.17) is 34.2 Å². The van der Waals surface area contributed by atoms with E-state index in [1.54, 1.807) is 0 Å². The van der Waals surface area contributed by atoms with Gasteiger partial charge in [0.25, 0.3) is 0 Å². The van der Waals surface area contributed by atoms with Crippen LogP contribution in [0, 0.1) is 41.4 Å². The second-order valence-corrected chi connectivity index (χ2v) is 44.2. The Kier molecular flexibility index (Phi) is 119. The summed E-state index contributed by atoms with van der Waals surface area (Å²) in [5, 5.41) is 0. The Morgan fingerprint density at radius 3 is 0.440 bits per heavy atom. The van der Waals surface area contributed by atoms with Crippen molar-refractivity contribution in [3.8, 4) is 0 Å². The molecule has 0 amide bonds. The van der Waals surface area contributed by atoms with Crippen molar-refractivity contribution in [3.05, 3.63) is 0 Å². The summed E-state index contributed by atoms with van der Waals surface area (Å²) in [7, 11) is 0. The lowest BCUT2D eigenvalue weighted by molar-refractivity contribution is -0.146. The molecular formula is C127H247NO13. The quantitative estimate of drug-likeness (QED) is 0.0342. The van der Waals surface area contributed by atoms with Crippen molar-refractivity contribution in [2.45, 2.75) is 687 Å². The lowest BCUT2D eigenvalue weighted by Gasteiger charge is -2.18. The maximum atomic E-state index is 12.9. The van der Waals surface area contributed by atoms with E-state index in [9.17, 15) is 33.6 Å². The standard InChI is InChI=1S/C64H124O6.C45H86O5.C18H37NO2/c1-7-13-19-24-26-36-50-60(48-33-22-16-10-4)56-69-63(66)53-41-30-38-45-58(44-35-28-29-40-52-62(65)68-55-59(43-18-12-6)47-32-21-15-9-3)46-39-31-42-54-64(67)70-57-61(49-34-23-17-11-5)51-37-27-25-20-14-8-2;1-5-9-13-17-19-25-33-41(31-23-15-11-7-3)39-49-44(47)37-29-21-27-35-43(46)36-28-22-30-38-45(48)50-40-42(32-24-16-12-8-4)34-26-20-18-14-10-6-2;1-3-5-7-9-13-17(12-6-4-2)16-21-18(20)14-10-8-11-15-19/h58-61H,7-57H2,1-6H3;41-42H,5-40H2,1-4H3;17H,3-16,19H2,1-2H3. The summed E-state index contributed by atoms with van der Waals surface area (Å²) in [4.78, 5) is 87.4. The highest BCUT2D eigenvalue weighted by Crippen LogP contribution is 2.30. The number of hydrogen-bond acceptors (Lipinski definition) is 14. The molecule has 0 rings (SSSR count). The number of carbonyl (C=O) groups excluding carboxylic acids is 7. The predicted molar refractivity (Wildman–Crippen MR) is 606 cm³/mol. The molecule has 0 saturated heterocycles. The summed E-state index contributed by atoms with van der Waals surface area (Å²) in [5.41, 5.74) is 5.44. The molecule has 0 aliphatic rings. The molecule has 0 fully saturated rings. The second-order valence-electron chi connectivity index (χ2n) is 44.2. The summed E-state index contributed by atoms with van der Waals surface area (Å²) in [6.45, 7) is 31.4. The summed E-state index contributed by atoms with van der Waals surface area (Å²) < 4.78 is 34.6. The van der Waals surface area contributed by atoms with Gasteiger partial charge in [-0.15, -0.1) is 0 Å². The molecule has 14 nitrogen and oxygen atoms in total. The minimum absolute atomic E-state index is 0.000480. The first-order valence-corrected chi connectivity index (χ1v) is 63.2. The van der Waals surface area contributed by atoms with Crippen LogP contribution in [-0.2, 0) is 62.0 Å². The maximum absolute atomic E-state index is 12.9. The number of ketones is 1. The van der Waals surface area contributed by atoms with Gasteiger partial charge < -0.3 is 34.2 Å². The highest BCUT2D eigenvalue weighted by molar-refractivity contribution is 5.78. The third-order valence-corrected chi connectivity index (χ3v) is 30.0. The molecule has 0 aliphatic heterocycles. The average Bonchev–Trinajstić information content (AvgIpc) is 0.979. The van der Waals surface area contributed by atoms with Crippen molar-refractivity contribution in [3.63, 3.8) is 0 Å². The topological polar surface area (TPSA) is 201 Å². The van der Waals surface area contributed by atoms with Crippen LogP contribution in [0.15, 0.2) is 0 Å². The lowest BCUT2D eigenvalue weighted by atomic mass is 9.89. The highest BCUT2D eigenvalue weighted by atomic mass is 16.6.